The molecule has 128 valence electrons. The minimum absolute atomic E-state index is 0.0346. The van der Waals surface area contributed by atoms with Gasteiger partial charge in [-0.25, -0.2) is 0 Å². The maximum atomic E-state index is 12.3. The molecule has 0 saturated heterocycles. The Kier molecular flexibility index (Phi) is 5.33. The van der Waals surface area contributed by atoms with Gasteiger partial charge in [-0.1, -0.05) is 25.1 Å². The Labute approximate surface area is 138 Å². The van der Waals surface area contributed by atoms with E-state index >= 15 is 0 Å². The summed E-state index contributed by atoms with van der Waals surface area (Å²) in [5.41, 5.74) is 2.27. The third kappa shape index (κ3) is 4.91. The average Bonchev–Trinajstić information content (AvgIpc) is 2.53. The smallest absolute Gasteiger partial charge is 0.406 e. The van der Waals surface area contributed by atoms with Crippen LogP contribution in [-0.4, -0.2) is 19.4 Å². The van der Waals surface area contributed by atoms with Gasteiger partial charge in [-0.2, -0.15) is 0 Å². The van der Waals surface area contributed by atoms with Gasteiger partial charge < -0.3 is 15.0 Å². The van der Waals surface area contributed by atoms with Gasteiger partial charge in [0.1, 0.15) is 5.75 Å². The first-order valence-electron chi connectivity index (χ1n) is 7.32. The highest BCUT2D eigenvalue weighted by Crippen LogP contribution is 2.26. The van der Waals surface area contributed by atoms with Crippen LogP contribution in [0.2, 0.25) is 0 Å². The molecule has 0 fully saturated rings. The zero-order valence-electron chi connectivity index (χ0n) is 13.3. The number of hydrogen-bond acceptors (Lipinski definition) is 2. The molecule has 0 heterocycles. The topological polar surface area (TPSA) is 48.4 Å². The number of benzene rings is 2. The predicted molar refractivity (Wildman–Crippen MR) is 88.7 cm³/mol. The molecule has 4 nitrogen and oxygen atoms in total. The molecule has 0 atom stereocenters. The summed E-state index contributed by atoms with van der Waals surface area (Å²) in [5.74, 6) is -0.292. The van der Waals surface area contributed by atoms with Crippen molar-refractivity contribution in [3.8, 4) is 5.75 Å². The highest BCUT2D eigenvalue weighted by Gasteiger charge is 2.31. The number of guanidine groups is 1. The Morgan fingerprint density at radius 1 is 1.17 bits per heavy atom. The summed E-state index contributed by atoms with van der Waals surface area (Å²) in [4.78, 5) is 1.43. The zero-order valence-corrected chi connectivity index (χ0v) is 13.3. The number of nitrogens with zero attached hydrogens (tertiary/aromatic N) is 1. The predicted octanol–water partition coefficient (Wildman–Crippen LogP) is 4.63. The van der Waals surface area contributed by atoms with E-state index in [1.165, 1.54) is 23.1 Å². The fourth-order valence-corrected chi connectivity index (χ4v) is 2.11. The summed E-state index contributed by atoms with van der Waals surface area (Å²) in [6.07, 6.45) is -3.88. The average molecular weight is 337 g/mol. The molecule has 0 radical (unpaired) electrons. The van der Waals surface area contributed by atoms with Gasteiger partial charge in [0, 0.05) is 24.5 Å². The highest BCUT2D eigenvalue weighted by molar-refractivity contribution is 6.03. The third-order valence-corrected chi connectivity index (χ3v) is 3.37. The van der Waals surface area contributed by atoms with Gasteiger partial charge in [0.2, 0.25) is 0 Å². The summed E-state index contributed by atoms with van der Waals surface area (Å²) in [6, 6.07) is 13.1. The molecule has 0 amide bonds. The van der Waals surface area contributed by atoms with E-state index < -0.39 is 6.36 Å². The Morgan fingerprint density at radius 3 is 2.54 bits per heavy atom. The van der Waals surface area contributed by atoms with Crippen LogP contribution >= 0.6 is 0 Å². The minimum Gasteiger partial charge on any atom is -0.406 e. The number of nitrogens with one attached hydrogen (secondary N) is 2. The van der Waals surface area contributed by atoms with Crippen LogP contribution < -0.4 is 15.0 Å². The van der Waals surface area contributed by atoms with Gasteiger partial charge in [0.25, 0.3) is 0 Å². The third-order valence-electron chi connectivity index (χ3n) is 3.37. The largest absolute Gasteiger partial charge is 0.573 e. The lowest BCUT2D eigenvalue weighted by atomic mass is 10.1. The number of anilines is 2. The van der Waals surface area contributed by atoms with Crippen molar-refractivity contribution in [3.05, 3.63) is 54.1 Å². The van der Waals surface area contributed by atoms with Crippen molar-refractivity contribution in [1.82, 2.24) is 0 Å². The fraction of sp³-hybridized carbons (Fsp3) is 0.235. The number of halogens is 3. The molecule has 0 aliphatic carbocycles. The molecule has 2 rings (SSSR count). The molecule has 0 bridgehead atoms. The van der Waals surface area contributed by atoms with Crippen LogP contribution in [0.3, 0.4) is 0 Å². The van der Waals surface area contributed by atoms with E-state index in [4.69, 9.17) is 5.41 Å². The van der Waals surface area contributed by atoms with Crippen molar-refractivity contribution in [2.45, 2.75) is 19.7 Å². The number of aryl methyl sites for hydroxylation is 1. The second-order valence-corrected chi connectivity index (χ2v) is 5.13. The minimum atomic E-state index is -4.75. The summed E-state index contributed by atoms with van der Waals surface area (Å²) in [6.45, 7) is 2.03. The van der Waals surface area contributed by atoms with Crippen LogP contribution in [0.5, 0.6) is 5.75 Å². The van der Waals surface area contributed by atoms with Crippen LogP contribution in [0, 0.1) is 5.41 Å². The van der Waals surface area contributed by atoms with E-state index in [1.54, 1.807) is 13.1 Å². The van der Waals surface area contributed by atoms with Gasteiger partial charge in [-0.3, -0.25) is 5.41 Å². The number of alkyl halides is 3. The number of hydrogen-bond donors (Lipinski definition) is 2. The first-order chi connectivity index (χ1) is 11.3. The second-order valence-electron chi connectivity index (χ2n) is 5.13. The lowest BCUT2D eigenvalue weighted by Crippen LogP contribution is -2.32. The molecule has 7 heteroatoms. The zero-order chi connectivity index (χ0) is 17.7. The fourth-order valence-electron chi connectivity index (χ4n) is 2.11. The standard InChI is InChI=1S/C17H18F3N3O/c1-3-12-6-4-7-13(10-12)22-16(21)23(2)14-8-5-9-15(11-14)24-17(18,19)20/h4-11H,3H2,1-2H3,(H2,21,22). The first-order valence-corrected chi connectivity index (χ1v) is 7.32. The first kappa shape index (κ1) is 17.7. The van der Waals surface area contributed by atoms with Crippen LogP contribution in [-0.2, 0) is 6.42 Å². The van der Waals surface area contributed by atoms with Crippen molar-refractivity contribution in [1.29, 1.82) is 5.41 Å². The Bertz CT molecular complexity index is 716. The monoisotopic (exact) mass is 337 g/mol. The molecule has 0 aliphatic rings. The maximum absolute atomic E-state index is 12.3. The van der Waals surface area contributed by atoms with Gasteiger partial charge in [0.15, 0.2) is 5.96 Å². The summed E-state index contributed by atoms with van der Waals surface area (Å²) in [5, 5.41) is 11.0. The molecule has 0 unspecified atom stereocenters. The Morgan fingerprint density at radius 2 is 1.88 bits per heavy atom. The van der Waals surface area contributed by atoms with Gasteiger partial charge >= 0.3 is 6.36 Å². The summed E-state index contributed by atoms with van der Waals surface area (Å²) in [7, 11) is 1.59. The molecule has 2 aromatic rings. The van der Waals surface area contributed by atoms with Crippen molar-refractivity contribution in [3.63, 3.8) is 0 Å². The van der Waals surface area contributed by atoms with Crippen molar-refractivity contribution in [2.24, 2.45) is 0 Å². The lowest BCUT2D eigenvalue weighted by molar-refractivity contribution is -0.274. The number of rotatable bonds is 4. The van der Waals surface area contributed by atoms with Crippen LogP contribution in [0.15, 0.2) is 48.5 Å². The molecule has 2 N–H and O–H groups in total. The van der Waals surface area contributed by atoms with E-state index in [-0.39, 0.29) is 11.7 Å². The second kappa shape index (κ2) is 7.25. The Hall–Kier alpha value is -2.70. The van der Waals surface area contributed by atoms with Gasteiger partial charge in [-0.15, -0.1) is 13.2 Å². The summed E-state index contributed by atoms with van der Waals surface area (Å²) >= 11 is 0. The molecule has 0 spiro atoms. The van der Waals surface area contributed by atoms with E-state index in [0.717, 1.165) is 17.7 Å². The maximum Gasteiger partial charge on any atom is 0.573 e. The van der Waals surface area contributed by atoms with Crippen molar-refractivity contribution in [2.75, 3.05) is 17.3 Å². The molecule has 0 aliphatic heterocycles. The van der Waals surface area contributed by atoms with Crippen LogP contribution in [0.25, 0.3) is 0 Å². The summed E-state index contributed by atoms with van der Waals surface area (Å²) < 4.78 is 40.8. The molecule has 0 aromatic heterocycles. The van der Waals surface area contributed by atoms with Gasteiger partial charge in [0.05, 0.1) is 0 Å². The molecular weight excluding hydrogens is 319 g/mol. The van der Waals surface area contributed by atoms with Crippen molar-refractivity contribution >= 4 is 17.3 Å². The molecular formula is C17H18F3N3O. The number of ether oxygens (including phenoxy) is 1. The molecule has 0 saturated carbocycles. The van der Waals surface area contributed by atoms with Crippen LogP contribution in [0.1, 0.15) is 12.5 Å². The quantitative estimate of drug-likeness (QED) is 0.632. The van der Waals surface area contributed by atoms with E-state index in [2.05, 4.69) is 10.1 Å². The molecule has 24 heavy (non-hydrogen) atoms. The van der Waals surface area contributed by atoms with Gasteiger partial charge in [-0.05, 0) is 36.2 Å². The molecule has 2 aromatic carbocycles. The van der Waals surface area contributed by atoms with E-state index in [9.17, 15) is 13.2 Å². The highest BCUT2D eigenvalue weighted by atomic mass is 19.4. The van der Waals surface area contributed by atoms with E-state index in [0.29, 0.717) is 5.69 Å². The SMILES string of the molecule is CCc1cccc(NC(=N)N(C)c2cccc(OC(F)(F)F)c2)c1. The van der Waals surface area contributed by atoms with Crippen LogP contribution in [0.4, 0.5) is 24.5 Å². The van der Waals surface area contributed by atoms with Crippen molar-refractivity contribution < 1.29 is 17.9 Å². The normalized spacial score (nSPS) is 11.0. The lowest BCUT2D eigenvalue weighted by Gasteiger charge is -2.22. The Balaban J connectivity index is 2.11. The van der Waals surface area contributed by atoms with E-state index in [1.807, 2.05) is 31.2 Å².